The normalized spacial score (nSPS) is 15.7. The summed E-state index contributed by atoms with van der Waals surface area (Å²) in [6.45, 7) is 1.83. The minimum atomic E-state index is -0.518. The molecule has 0 saturated carbocycles. The molecule has 24 heavy (non-hydrogen) atoms. The number of anilines is 2. The third kappa shape index (κ3) is 3.83. The number of hydrogen-bond acceptors (Lipinski definition) is 3. The first-order valence-electron chi connectivity index (χ1n) is 8.19. The fraction of sp³-hybridized carbons (Fsp3) is 0.368. The van der Waals surface area contributed by atoms with Gasteiger partial charge in [-0.25, -0.2) is 8.78 Å². The van der Waals surface area contributed by atoms with E-state index < -0.39 is 11.6 Å². The number of benzene rings is 2. The van der Waals surface area contributed by atoms with Crippen molar-refractivity contribution in [1.82, 2.24) is 0 Å². The van der Waals surface area contributed by atoms with E-state index in [2.05, 4.69) is 17.0 Å². The Hall–Kier alpha value is -1.75. The van der Waals surface area contributed by atoms with Gasteiger partial charge in [-0.2, -0.15) is 0 Å². The average molecular weight is 348 g/mol. The highest BCUT2D eigenvalue weighted by atomic mass is 32.2. The lowest BCUT2D eigenvalue weighted by Crippen LogP contribution is -2.34. The maximum atomic E-state index is 13.8. The summed E-state index contributed by atoms with van der Waals surface area (Å²) in [5, 5.41) is 0. The lowest BCUT2D eigenvalue weighted by molar-refractivity contribution is 0.397. The molecule has 2 N–H and O–H groups in total. The predicted molar refractivity (Wildman–Crippen MR) is 97.6 cm³/mol. The Labute approximate surface area is 146 Å². The van der Waals surface area contributed by atoms with E-state index in [1.165, 1.54) is 6.07 Å². The summed E-state index contributed by atoms with van der Waals surface area (Å²) in [4.78, 5) is 3.47. The number of halogens is 2. The fourth-order valence-corrected chi connectivity index (χ4v) is 3.77. The Morgan fingerprint density at radius 1 is 1.12 bits per heavy atom. The second-order valence-corrected chi connectivity index (χ2v) is 7.17. The maximum absolute atomic E-state index is 13.8. The van der Waals surface area contributed by atoms with Gasteiger partial charge in [0.15, 0.2) is 0 Å². The van der Waals surface area contributed by atoms with Gasteiger partial charge in [-0.3, -0.25) is 0 Å². The Morgan fingerprint density at radius 2 is 1.88 bits per heavy atom. The zero-order valence-electron chi connectivity index (χ0n) is 13.8. The summed E-state index contributed by atoms with van der Waals surface area (Å²) in [7, 11) is 0. The number of piperidine rings is 1. The van der Waals surface area contributed by atoms with Gasteiger partial charge in [-0.1, -0.05) is 6.07 Å². The SMILES string of the molecule is CSc1ccc(N2CCC(Cc3ccc(F)cc3F)CC2)c(N)c1. The van der Waals surface area contributed by atoms with E-state index in [0.717, 1.165) is 48.3 Å². The van der Waals surface area contributed by atoms with Gasteiger partial charge in [0.1, 0.15) is 11.6 Å². The van der Waals surface area contributed by atoms with Crippen molar-refractivity contribution in [2.24, 2.45) is 5.92 Å². The van der Waals surface area contributed by atoms with Crippen LogP contribution < -0.4 is 10.6 Å². The first kappa shape index (κ1) is 17.1. The van der Waals surface area contributed by atoms with E-state index in [4.69, 9.17) is 5.73 Å². The van der Waals surface area contributed by atoms with Gasteiger partial charge in [0, 0.05) is 24.1 Å². The molecule has 1 heterocycles. The van der Waals surface area contributed by atoms with Gasteiger partial charge in [0.25, 0.3) is 0 Å². The Balaban J connectivity index is 1.61. The number of nitrogens with two attached hydrogens (primary N) is 1. The van der Waals surface area contributed by atoms with Crippen LogP contribution in [-0.2, 0) is 6.42 Å². The molecule has 2 aromatic carbocycles. The van der Waals surface area contributed by atoms with E-state index in [0.29, 0.717) is 17.9 Å². The van der Waals surface area contributed by atoms with Crippen LogP contribution in [0.1, 0.15) is 18.4 Å². The van der Waals surface area contributed by atoms with Crippen LogP contribution in [-0.4, -0.2) is 19.3 Å². The average Bonchev–Trinajstić information content (AvgIpc) is 2.58. The van der Waals surface area contributed by atoms with Crippen LogP contribution >= 0.6 is 11.8 Å². The van der Waals surface area contributed by atoms with Crippen molar-refractivity contribution >= 4 is 23.1 Å². The Morgan fingerprint density at radius 3 is 2.50 bits per heavy atom. The molecular formula is C19H22F2N2S. The van der Waals surface area contributed by atoms with Crippen LogP contribution in [0.5, 0.6) is 0 Å². The topological polar surface area (TPSA) is 29.3 Å². The number of nitrogen functional groups attached to an aromatic ring is 1. The van der Waals surface area contributed by atoms with Crippen molar-refractivity contribution < 1.29 is 8.78 Å². The molecule has 1 aliphatic heterocycles. The van der Waals surface area contributed by atoms with Crippen molar-refractivity contribution in [3.05, 3.63) is 53.6 Å². The van der Waals surface area contributed by atoms with Crippen LogP contribution in [0.4, 0.5) is 20.2 Å². The molecule has 128 valence electrons. The largest absolute Gasteiger partial charge is 0.397 e. The summed E-state index contributed by atoms with van der Waals surface area (Å²) in [5.74, 6) is -0.530. The third-order valence-electron chi connectivity index (χ3n) is 4.71. The van der Waals surface area contributed by atoms with Crippen LogP contribution in [0.2, 0.25) is 0 Å². The van der Waals surface area contributed by atoms with E-state index >= 15 is 0 Å². The molecular weight excluding hydrogens is 326 g/mol. The quantitative estimate of drug-likeness (QED) is 0.640. The van der Waals surface area contributed by atoms with Gasteiger partial charge in [-0.15, -0.1) is 11.8 Å². The van der Waals surface area contributed by atoms with Gasteiger partial charge in [-0.05, 0) is 61.3 Å². The molecule has 2 nitrogen and oxygen atoms in total. The highest BCUT2D eigenvalue weighted by molar-refractivity contribution is 7.98. The van der Waals surface area contributed by atoms with Crippen molar-refractivity contribution in [1.29, 1.82) is 0 Å². The molecule has 1 aliphatic rings. The van der Waals surface area contributed by atoms with E-state index in [9.17, 15) is 8.78 Å². The van der Waals surface area contributed by atoms with Gasteiger partial charge in [0.05, 0.1) is 11.4 Å². The molecule has 0 amide bonds. The lowest BCUT2D eigenvalue weighted by atomic mass is 9.89. The van der Waals surface area contributed by atoms with Gasteiger partial charge >= 0.3 is 0 Å². The predicted octanol–water partition coefficient (Wildman–Crippen LogP) is 4.73. The first-order chi connectivity index (χ1) is 11.6. The minimum Gasteiger partial charge on any atom is -0.397 e. The molecule has 1 fully saturated rings. The molecule has 0 spiro atoms. The van der Waals surface area contributed by atoms with E-state index in [1.54, 1.807) is 17.8 Å². The molecule has 0 aromatic heterocycles. The van der Waals surface area contributed by atoms with Crippen LogP contribution in [0.25, 0.3) is 0 Å². The Kier molecular flexibility index (Phi) is 5.29. The second kappa shape index (κ2) is 7.43. The highest BCUT2D eigenvalue weighted by Gasteiger charge is 2.22. The summed E-state index contributed by atoms with van der Waals surface area (Å²) >= 11 is 1.68. The molecule has 1 saturated heterocycles. The molecule has 0 atom stereocenters. The summed E-state index contributed by atoms with van der Waals surface area (Å²) < 4.78 is 26.8. The molecule has 0 unspecified atom stereocenters. The molecule has 0 bridgehead atoms. The monoisotopic (exact) mass is 348 g/mol. The van der Waals surface area contributed by atoms with Crippen molar-refractivity contribution in [2.45, 2.75) is 24.2 Å². The van der Waals surface area contributed by atoms with Crippen LogP contribution in [0.15, 0.2) is 41.3 Å². The summed E-state index contributed by atoms with van der Waals surface area (Å²) in [6, 6.07) is 10.1. The van der Waals surface area contributed by atoms with Crippen molar-refractivity contribution in [3.8, 4) is 0 Å². The Bertz CT molecular complexity index is 713. The second-order valence-electron chi connectivity index (χ2n) is 6.30. The van der Waals surface area contributed by atoms with Crippen LogP contribution in [0, 0.1) is 17.6 Å². The number of rotatable bonds is 4. The molecule has 3 rings (SSSR count). The van der Waals surface area contributed by atoms with Crippen molar-refractivity contribution in [3.63, 3.8) is 0 Å². The molecule has 5 heteroatoms. The van der Waals surface area contributed by atoms with E-state index in [-0.39, 0.29) is 0 Å². The first-order valence-corrected chi connectivity index (χ1v) is 9.41. The standard InChI is InChI=1S/C19H22F2N2S/c1-24-16-4-5-19(18(22)12-16)23-8-6-13(7-9-23)10-14-2-3-15(20)11-17(14)21/h2-5,11-13H,6-10,22H2,1H3. The molecule has 0 radical (unpaired) electrons. The lowest BCUT2D eigenvalue weighted by Gasteiger charge is -2.34. The number of hydrogen-bond donors (Lipinski definition) is 1. The zero-order chi connectivity index (χ0) is 17.1. The summed E-state index contributed by atoms with van der Waals surface area (Å²) in [6.07, 6.45) is 4.68. The van der Waals surface area contributed by atoms with Gasteiger partial charge < -0.3 is 10.6 Å². The number of nitrogens with zero attached hydrogens (tertiary/aromatic N) is 1. The van der Waals surface area contributed by atoms with Crippen molar-refractivity contribution in [2.75, 3.05) is 30.0 Å². The zero-order valence-corrected chi connectivity index (χ0v) is 14.6. The fourth-order valence-electron chi connectivity index (χ4n) is 3.32. The maximum Gasteiger partial charge on any atom is 0.129 e. The van der Waals surface area contributed by atoms with Gasteiger partial charge in [0.2, 0.25) is 0 Å². The summed E-state index contributed by atoms with van der Waals surface area (Å²) in [5.41, 5.74) is 8.68. The third-order valence-corrected chi connectivity index (χ3v) is 5.44. The number of thioether (sulfide) groups is 1. The molecule has 0 aliphatic carbocycles. The van der Waals surface area contributed by atoms with E-state index in [1.807, 2.05) is 12.3 Å². The minimum absolute atomic E-state index is 0.424. The van der Waals surface area contributed by atoms with Crippen LogP contribution in [0.3, 0.4) is 0 Å². The molecule has 2 aromatic rings. The smallest absolute Gasteiger partial charge is 0.129 e. The highest BCUT2D eigenvalue weighted by Crippen LogP contribution is 2.32.